The maximum absolute atomic E-state index is 12.7. The van der Waals surface area contributed by atoms with Gasteiger partial charge in [0.05, 0.1) is 0 Å². The highest BCUT2D eigenvalue weighted by molar-refractivity contribution is 5.71. The zero-order valence-corrected chi connectivity index (χ0v) is 39.0. The van der Waals surface area contributed by atoms with E-state index in [1.165, 1.54) is 167 Å². The molecule has 0 heterocycles. The van der Waals surface area contributed by atoms with Crippen molar-refractivity contribution in [3.05, 3.63) is 0 Å². The molecule has 0 aromatic heterocycles. The van der Waals surface area contributed by atoms with E-state index >= 15 is 0 Å². The summed E-state index contributed by atoms with van der Waals surface area (Å²) in [6, 6.07) is 0. The van der Waals surface area contributed by atoms with Crippen molar-refractivity contribution in [3.63, 3.8) is 0 Å². The molecule has 0 rings (SSSR count). The second-order valence-corrected chi connectivity index (χ2v) is 18.2. The molecule has 0 aromatic carbocycles. The van der Waals surface area contributed by atoms with E-state index in [0.29, 0.717) is 19.3 Å². The maximum atomic E-state index is 12.7. The van der Waals surface area contributed by atoms with E-state index in [1.807, 2.05) is 0 Å². The van der Waals surface area contributed by atoms with E-state index < -0.39 is 6.10 Å². The Morgan fingerprint density at radius 1 is 0.368 bits per heavy atom. The highest BCUT2D eigenvalue weighted by Gasteiger charge is 2.19. The third kappa shape index (κ3) is 43.8. The molecule has 57 heavy (non-hydrogen) atoms. The monoisotopic (exact) mass is 807 g/mol. The zero-order valence-electron chi connectivity index (χ0n) is 39.0. The fourth-order valence-corrected chi connectivity index (χ4v) is 7.60. The number of esters is 3. The molecule has 0 aliphatic heterocycles. The summed E-state index contributed by atoms with van der Waals surface area (Å²) in [5.41, 5.74) is 0. The molecule has 6 heteroatoms. The molecule has 2 atom stereocenters. The van der Waals surface area contributed by atoms with Crippen LogP contribution in [0.5, 0.6) is 0 Å². The lowest BCUT2D eigenvalue weighted by Crippen LogP contribution is -2.30. The van der Waals surface area contributed by atoms with Crippen molar-refractivity contribution >= 4 is 17.9 Å². The van der Waals surface area contributed by atoms with Gasteiger partial charge >= 0.3 is 17.9 Å². The summed E-state index contributed by atoms with van der Waals surface area (Å²) in [6.45, 7) is 11.3. The summed E-state index contributed by atoms with van der Waals surface area (Å²) < 4.78 is 16.8. The number of unbranched alkanes of at least 4 members (excludes halogenated alkanes) is 29. The van der Waals surface area contributed by atoms with Crippen LogP contribution < -0.4 is 0 Å². The molecular formula is C51H98O6. The standard InChI is InChI=1S/C51H98O6/c1-6-8-9-10-11-12-13-14-15-16-17-21-26-31-36-41-49(52)55-44-48(57-51(54)43-38-33-28-23-24-29-34-39-46(3)4)45-56-50(53)42-37-32-27-22-19-18-20-25-30-35-40-47(5)7-2/h46-48H,6-45H2,1-5H3/t47?,48-/m0/s1. The summed E-state index contributed by atoms with van der Waals surface area (Å²) in [7, 11) is 0. The number of carbonyl (C=O) groups excluding carboxylic acids is 3. The van der Waals surface area contributed by atoms with Crippen LogP contribution >= 0.6 is 0 Å². The molecule has 0 radical (unpaired) electrons. The minimum absolute atomic E-state index is 0.0646. The molecule has 0 aromatic rings. The van der Waals surface area contributed by atoms with E-state index in [0.717, 1.165) is 69.6 Å². The Hall–Kier alpha value is -1.59. The molecule has 0 bridgehead atoms. The van der Waals surface area contributed by atoms with Gasteiger partial charge < -0.3 is 14.2 Å². The minimum atomic E-state index is -0.762. The van der Waals surface area contributed by atoms with Crippen LogP contribution in [0, 0.1) is 11.8 Å². The van der Waals surface area contributed by atoms with Crippen molar-refractivity contribution in [2.75, 3.05) is 13.2 Å². The largest absolute Gasteiger partial charge is 0.462 e. The second-order valence-electron chi connectivity index (χ2n) is 18.2. The predicted molar refractivity (Wildman–Crippen MR) is 243 cm³/mol. The molecule has 1 unspecified atom stereocenters. The number of rotatable bonds is 45. The molecule has 0 aliphatic rings. The van der Waals surface area contributed by atoms with Crippen LogP contribution in [0.15, 0.2) is 0 Å². The fraction of sp³-hybridized carbons (Fsp3) is 0.941. The van der Waals surface area contributed by atoms with Gasteiger partial charge in [-0.25, -0.2) is 0 Å². The summed E-state index contributed by atoms with van der Waals surface area (Å²) in [4.78, 5) is 37.9. The first-order valence-corrected chi connectivity index (χ1v) is 25.3. The van der Waals surface area contributed by atoms with E-state index in [9.17, 15) is 14.4 Å². The Balaban J connectivity index is 4.29. The van der Waals surface area contributed by atoms with Crippen molar-refractivity contribution in [3.8, 4) is 0 Å². The van der Waals surface area contributed by atoms with E-state index in [-0.39, 0.29) is 31.1 Å². The molecule has 0 amide bonds. The van der Waals surface area contributed by atoms with Gasteiger partial charge in [-0.05, 0) is 31.1 Å². The van der Waals surface area contributed by atoms with Crippen molar-refractivity contribution in [1.82, 2.24) is 0 Å². The SMILES string of the molecule is CCCCCCCCCCCCCCCCCC(=O)OC[C@@H](COC(=O)CCCCCCCCCCCCC(C)CC)OC(=O)CCCCCCCCCC(C)C. The van der Waals surface area contributed by atoms with Crippen molar-refractivity contribution in [2.24, 2.45) is 11.8 Å². The first-order valence-electron chi connectivity index (χ1n) is 25.3. The van der Waals surface area contributed by atoms with Crippen LogP contribution in [0.4, 0.5) is 0 Å². The molecule has 0 spiro atoms. The highest BCUT2D eigenvalue weighted by Crippen LogP contribution is 2.18. The van der Waals surface area contributed by atoms with Gasteiger partial charge in [-0.1, -0.05) is 240 Å². The van der Waals surface area contributed by atoms with Gasteiger partial charge in [-0.15, -0.1) is 0 Å². The van der Waals surface area contributed by atoms with Gasteiger partial charge in [0.25, 0.3) is 0 Å². The molecule has 0 N–H and O–H groups in total. The minimum Gasteiger partial charge on any atom is -0.462 e. The van der Waals surface area contributed by atoms with Crippen LogP contribution in [0.1, 0.15) is 279 Å². The quantitative estimate of drug-likeness (QED) is 0.0346. The first kappa shape index (κ1) is 55.4. The summed E-state index contributed by atoms with van der Waals surface area (Å²) in [6.07, 6.45) is 43.7. The predicted octanol–water partition coefficient (Wildman–Crippen LogP) is 16.1. The lowest BCUT2D eigenvalue weighted by atomic mass is 9.99. The fourth-order valence-electron chi connectivity index (χ4n) is 7.60. The smallest absolute Gasteiger partial charge is 0.306 e. The van der Waals surface area contributed by atoms with Crippen LogP contribution in [-0.2, 0) is 28.6 Å². The summed E-state index contributed by atoms with van der Waals surface area (Å²) in [5, 5.41) is 0. The van der Waals surface area contributed by atoms with Gasteiger partial charge in [0.15, 0.2) is 6.10 Å². The van der Waals surface area contributed by atoms with Gasteiger partial charge in [0, 0.05) is 19.3 Å². The Kier molecular flexibility index (Phi) is 42.7. The molecule has 0 saturated heterocycles. The average molecular weight is 807 g/mol. The average Bonchev–Trinajstić information content (AvgIpc) is 3.19. The van der Waals surface area contributed by atoms with Gasteiger partial charge in [-0.3, -0.25) is 14.4 Å². The molecule has 338 valence electrons. The van der Waals surface area contributed by atoms with Crippen LogP contribution in [0.3, 0.4) is 0 Å². The highest BCUT2D eigenvalue weighted by atomic mass is 16.6. The second kappa shape index (κ2) is 44.0. The Morgan fingerprint density at radius 3 is 1.00 bits per heavy atom. The van der Waals surface area contributed by atoms with Crippen molar-refractivity contribution in [2.45, 2.75) is 285 Å². The normalized spacial score (nSPS) is 12.5. The third-order valence-electron chi connectivity index (χ3n) is 11.8. The van der Waals surface area contributed by atoms with Gasteiger partial charge in [0.2, 0.25) is 0 Å². The molecule has 0 saturated carbocycles. The number of ether oxygens (including phenoxy) is 3. The van der Waals surface area contributed by atoms with E-state index in [1.54, 1.807) is 0 Å². The maximum Gasteiger partial charge on any atom is 0.306 e. The Bertz CT molecular complexity index is 872. The summed E-state index contributed by atoms with van der Waals surface area (Å²) in [5.74, 6) is 0.794. The van der Waals surface area contributed by atoms with Crippen LogP contribution in [0.25, 0.3) is 0 Å². The lowest BCUT2D eigenvalue weighted by molar-refractivity contribution is -0.167. The third-order valence-corrected chi connectivity index (χ3v) is 11.8. The van der Waals surface area contributed by atoms with E-state index in [2.05, 4.69) is 34.6 Å². The Morgan fingerprint density at radius 2 is 0.667 bits per heavy atom. The van der Waals surface area contributed by atoms with Crippen LogP contribution in [0.2, 0.25) is 0 Å². The number of hydrogen-bond acceptors (Lipinski definition) is 6. The van der Waals surface area contributed by atoms with Crippen molar-refractivity contribution < 1.29 is 28.6 Å². The lowest BCUT2D eigenvalue weighted by Gasteiger charge is -2.18. The topological polar surface area (TPSA) is 78.9 Å². The van der Waals surface area contributed by atoms with E-state index in [4.69, 9.17) is 14.2 Å². The van der Waals surface area contributed by atoms with Crippen LogP contribution in [-0.4, -0.2) is 37.2 Å². The van der Waals surface area contributed by atoms with Crippen molar-refractivity contribution in [1.29, 1.82) is 0 Å². The number of hydrogen-bond donors (Lipinski definition) is 0. The molecule has 6 nitrogen and oxygen atoms in total. The molecule has 0 fully saturated rings. The molecule has 0 aliphatic carbocycles. The first-order chi connectivity index (χ1) is 27.8. The molecular weight excluding hydrogens is 709 g/mol. The van der Waals surface area contributed by atoms with Gasteiger partial charge in [-0.2, -0.15) is 0 Å². The Labute approximate surface area is 355 Å². The summed E-state index contributed by atoms with van der Waals surface area (Å²) >= 11 is 0. The zero-order chi connectivity index (χ0) is 41.9. The number of carbonyl (C=O) groups is 3. The van der Waals surface area contributed by atoms with Gasteiger partial charge in [0.1, 0.15) is 13.2 Å².